The highest BCUT2D eigenvalue weighted by Crippen LogP contribution is 2.15. The first-order chi connectivity index (χ1) is 6.63. The SMILES string of the molecule is CCNCC(O)c1cc(C)cc(F)c1. The second-order valence-corrected chi connectivity index (χ2v) is 3.39. The van der Waals surface area contributed by atoms with Gasteiger partial charge in [-0.05, 0) is 36.7 Å². The first-order valence-corrected chi connectivity index (χ1v) is 4.79. The molecule has 0 aliphatic carbocycles. The van der Waals surface area contributed by atoms with Crippen molar-refractivity contribution in [1.82, 2.24) is 5.32 Å². The van der Waals surface area contributed by atoms with Gasteiger partial charge in [0.15, 0.2) is 0 Å². The van der Waals surface area contributed by atoms with Gasteiger partial charge in [-0.15, -0.1) is 0 Å². The fourth-order valence-electron chi connectivity index (χ4n) is 1.36. The Morgan fingerprint density at radius 3 is 2.71 bits per heavy atom. The molecule has 0 aromatic heterocycles. The minimum Gasteiger partial charge on any atom is -0.387 e. The van der Waals surface area contributed by atoms with Gasteiger partial charge in [0.05, 0.1) is 6.10 Å². The van der Waals surface area contributed by atoms with E-state index in [2.05, 4.69) is 5.32 Å². The predicted molar refractivity (Wildman–Crippen MR) is 54.6 cm³/mol. The van der Waals surface area contributed by atoms with Gasteiger partial charge >= 0.3 is 0 Å². The smallest absolute Gasteiger partial charge is 0.123 e. The van der Waals surface area contributed by atoms with Gasteiger partial charge in [-0.25, -0.2) is 4.39 Å². The van der Waals surface area contributed by atoms with E-state index in [1.165, 1.54) is 12.1 Å². The Hall–Kier alpha value is -0.930. The molecule has 0 aliphatic rings. The molecule has 0 radical (unpaired) electrons. The molecular weight excluding hydrogens is 181 g/mol. The number of aliphatic hydroxyl groups excluding tert-OH is 1. The van der Waals surface area contributed by atoms with Gasteiger partial charge in [0.1, 0.15) is 5.82 Å². The van der Waals surface area contributed by atoms with Crippen molar-refractivity contribution in [3.63, 3.8) is 0 Å². The quantitative estimate of drug-likeness (QED) is 0.771. The molecule has 1 rings (SSSR count). The molecule has 2 N–H and O–H groups in total. The van der Waals surface area contributed by atoms with Crippen LogP contribution in [0.1, 0.15) is 24.2 Å². The van der Waals surface area contributed by atoms with Crippen LogP contribution < -0.4 is 5.32 Å². The summed E-state index contributed by atoms with van der Waals surface area (Å²) in [5, 5.41) is 12.7. The highest BCUT2D eigenvalue weighted by Gasteiger charge is 2.08. The summed E-state index contributed by atoms with van der Waals surface area (Å²) in [6.45, 7) is 5.03. The normalized spacial score (nSPS) is 12.9. The number of halogens is 1. The second-order valence-electron chi connectivity index (χ2n) is 3.39. The number of aryl methyl sites for hydroxylation is 1. The Balaban J connectivity index is 2.73. The highest BCUT2D eigenvalue weighted by atomic mass is 19.1. The molecule has 0 bridgehead atoms. The van der Waals surface area contributed by atoms with Crippen LogP contribution in [0.3, 0.4) is 0 Å². The lowest BCUT2D eigenvalue weighted by Gasteiger charge is -2.12. The summed E-state index contributed by atoms with van der Waals surface area (Å²) in [6.07, 6.45) is -0.635. The fourth-order valence-corrected chi connectivity index (χ4v) is 1.36. The third-order valence-electron chi connectivity index (χ3n) is 2.04. The largest absolute Gasteiger partial charge is 0.387 e. The van der Waals surface area contributed by atoms with Crippen molar-refractivity contribution in [1.29, 1.82) is 0 Å². The zero-order valence-electron chi connectivity index (χ0n) is 8.55. The molecule has 3 heteroatoms. The number of rotatable bonds is 4. The predicted octanol–water partition coefficient (Wildman–Crippen LogP) is 1.78. The van der Waals surface area contributed by atoms with Gasteiger partial charge in [0.25, 0.3) is 0 Å². The van der Waals surface area contributed by atoms with Crippen LogP contribution in [0.25, 0.3) is 0 Å². The van der Waals surface area contributed by atoms with Gasteiger partial charge in [0, 0.05) is 6.54 Å². The summed E-state index contributed by atoms with van der Waals surface area (Å²) in [7, 11) is 0. The van der Waals surface area contributed by atoms with Crippen LogP contribution in [-0.2, 0) is 0 Å². The lowest BCUT2D eigenvalue weighted by molar-refractivity contribution is 0.175. The molecule has 0 spiro atoms. The Labute approximate surface area is 83.8 Å². The molecule has 1 atom stereocenters. The van der Waals surface area contributed by atoms with E-state index in [0.29, 0.717) is 12.1 Å². The summed E-state index contributed by atoms with van der Waals surface area (Å²) in [4.78, 5) is 0. The van der Waals surface area contributed by atoms with Crippen LogP contribution in [0.2, 0.25) is 0 Å². The molecule has 0 saturated heterocycles. The van der Waals surface area contributed by atoms with Gasteiger partial charge in [-0.2, -0.15) is 0 Å². The zero-order chi connectivity index (χ0) is 10.6. The van der Waals surface area contributed by atoms with Crippen LogP contribution in [0.5, 0.6) is 0 Å². The summed E-state index contributed by atoms with van der Waals surface area (Å²) < 4.78 is 13.0. The van der Waals surface area contributed by atoms with Gasteiger partial charge in [-0.1, -0.05) is 13.0 Å². The van der Waals surface area contributed by atoms with Crippen LogP contribution in [0, 0.1) is 12.7 Å². The zero-order valence-corrected chi connectivity index (χ0v) is 8.55. The van der Waals surface area contributed by atoms with Crippen molar-refractivity contribution in [2.75, 3.05) is 13.1 Å². The fraction of sp³-hybridized carbons (Fsp3) is 0.455. The number of likely N-dealkylation sites (N-methyl/N-ethyl adjacent to an activating group) is 1. The number of hydrogen-bond acceptors (Lipinski definition) is 2. The third kappa shape index (κ3) is 3.09. The highest BCUT2D eigenvalue weighted by molar-refractivity contribution is 5.25. The molecular formula is C11H16FNO. The van der Waals surface area contributed by atoms with Crippen LogP contribution >= 0.6 is 0 Å². The first-order valence-electron chi connectivity index (χ1n) is 4.79. The average molecular weight is 197 g/mol. The molecule has 2 nitrogen and oxygen atoms in total. The van der Waals surface area contributed by atoms with Crippen molar-refractivity contribution in [2.45, 2.75) is 20.0 Å². The average Bonchev–Trinajstić information content (AvgIpc) is 2.12. The van der Waals surface area contributed by atoms with Crippen LogP contribution in [-0.4, -0.2) is 18.2 Å². The molecule has 1 aromatic carbocycles. The topological polar surface area (TPSA) is 32.3 Å². The number of hydrogen-bond donors (Lipinski definition) is 2. The van der Waals surface area contributed by atoms with E-state index in [4.69, 9.17) is 0 Å². The standard InChI is InChI=1S/C11H16FNO/c1-3-13-7-11(14)9-4-8(2)5-10(12)6-9/h4-6,11,13-14H,3,7H2,1-2H3. The molecule has 0 amide bonds. The Morgan fingerprint density at radius 1 is 1.43 bits per heavy atom. The maximum Gasteiger partial charge on any atom is 0.123 e. The Bertz CT molecular complexity index is 281. The van der Waals surface area contributed by atoms with Crippen molar-refractivity contribution in [3.8, 4) is 0 Å². The lowest BCUT2D eigenvalue weighted by Crippen LogP contribution is -2.20. The van der Waals surface area contributed by atoms with Crippen molar-refractivity contribution in [3.05, 3.63) is 35.1 Å². The first kappa shape index (κ1) is 11.1. The molecule has 1 unspecified atom stereocenters. The minimum absolute atomic E-state index is 0.296. The van der Waals surface area contributed by atoms with Crippen LogP contribution in [0.4, 0.5) is 4.39 Å². The summed E-state index contributed by atoms with van der Waals surface area (Å²) in [5.74, 6) is -0.296. The molecule has 0 saturated carbocycles. The molecule has 0 fully saturated rings. The minimum atomic E-state index is -0.635. The lowest BCUT2D eigenvalue weighted by atomic mass is 10.1. The maximum atomic E-state index is 13.0. The third-order valence-corrected chi connectivity index (χ3v) is 2.04. The van der Waals surface area contributed by atoms with Crippen molar-refractivity contribution < 1.29 is 9.50 Å². The molecule has 0 aliphatic heterocycles. The molecule has 0 heterocycles. The monoisotopic (exact) mass is 197 g/mol. The van der Waals surface area contributed by atoms with Crippen molar-refractivity contribution >= 4 is 0 Å². The van der Waals surface area contributed by atoms with E-state index in [-0.39, 0.29) is 5.82 Å². The second kappa shape index (κ2) is 5.08. The Kier molecular flexibility index (Phi) is 4.04. The maximum absolute atomic E-state index is 13.0. The van der Waals surface area contributed by atoms with E-state index >= 15 is 0 Å². The van der Waals surface area contributed by atoms with Gasteiger partial charge in [0.2, 0.25) is 0 Å². The molecule has 14 heavy (non-hydrogen) atoms. The summed E-state index contributed by atoms with van der Waals surface area (Å²) >= 11 is 0. The summed E-state index contributed by atoms with van der Waals surface area (Å²) in [5.41, 5.74) is 1.46. The number of nitrogens with one attached hydrogen (secondary N) is 1. The van der Waals surface area contributed by atoms with E-state index in [9.17, 15) is 9.50 Å². The van der Waals surface area contributed by atoms with E-state index in [0.717, 1.165) is 12.1 Å². The van der Waals surface area contributed by atoms with E-state index in [1.54, 1.807) is 6.07 Å². The van der Waals surface area contributed by atoms with E-state index < -0.39 is 6.10 Å². The molecule has 1 aromatic rings. The Morgan fingerprint density at radius 2 is 2.14 bits per heavy atom. The van der Waals surface area contributed by atoms with Gasteiger partial charge in [-0.3, -0.25) is 0 Å². The van der Waals surface area contributed by atoms with Crippen LogP contribution in [0.15, 0.2) is 18.2 Å². The number of benzene rings is 1. The summed E-state index contributed by atoms with van der Waals surface area (Å²) in [6, 6.07) is 4.61. The van der Waals surface area contributed by atoms with Crippen molar-refractivity contribution in [2.24, 2.45) is 0 Å². The van der Waals surface area contributed by atoms with E-state index in [1.807, 2.05) is 13.8 Å². The number of aliphatic hydroxyl groups is 1. The molecule has 78 valence electrons. The van der Waals surface area contributed by atoms with Gasteiger partial charge < -0.3 is 10.4 Å².